The fraction of sp³-hybridized carbons (Fsp3) is 0.541. The average molecular weight is 650 g/mol. The third-order valence-electron chi connectivity index (χ3n) is 7.69. The van der Waals surface area contributed by atoms with Crippen LogP contribution in [0.4, 0.5) is 4.79 Å². The van der Waals surface area contributed by atoms with E-state index in [4.69, 9.17) is 19.3 Å². The van der Waals surface area contributed by atoms with E-state index in [1.165, 1.54) is 5.56 Å². The number of amides is 1. The van der Waals surface area contributed by atoms with E-state index in [0.29, 0.717) is 30.7 Å². The minimum absolute atomic E-state index is 0.00208. The Labute approximate surface area is 279 Å². The third-order valence-corrected chi connectivity index (χ3v) is 8.79. The normalized spacial score (nSPS) is 17.0. The number of carbonyl (C=O) groups is 2. The molecule has 1 aliphatic carbocycles. The van der Waals surface area contributed by atoms with Crippen LogP contribution >= 0.6 is 11.8 Å². The van der Waals surface area contributed by atoms with Gasteiger partial charge in [0.15, 0.2) is 0 Å². The van der Waals surface area contributed by atoms with Crippen molar-refractivity contribution in [3.05, 3.63) is 60.2 Å². The Kier molecular flexibility index (Phi) is 12.4. The SMILES string of the molecule is Cc1ccc(-c2nn(CC3CCC(COCC(=O)OC(C)(C)C)CC3)c(SCCNC(=O)OC(C)(C)C)c2-c2ccccc2)cc1. The molecule has 46 heavy (non-hydrogen) atoms. The number of aromatic nitrogens is 2. The first-order chi connectivity index (χ1) is 21.8. The minimum Gasteiger partial charge on any atom is -0.458 e. The molecule has 0 radical (unpaired) electrons. The van der Waals surface area contributed by atoms with Gasteiger partial charge in [0, 0.05) is 30.0 Å². The highest BCUT2D eigenvalue weighted by molar-refractivity contribution is 7.99. The zero-order chi connectivity index (χ0) is 33.3. The molecule has 1 aliphatic rings. The second-order valence-electron chi connectivity index (χ2n) is 14.2. The maximum Gasteiger partial charge on any atom is 0.407 e. The van der Waals surface area contributed by atoms with Gasteiger partial charge in [0.25, 0.3) is 0 Å². The zero-order valence-electron chi connectivity index (χ0n) is 28.6. The molecule has 9 heteroatoms. The Morgan fingerprint density at radius 3 is 2.13 bits per heavy atom. The lowest BCUT2D eigenvalue weighted by atomic mass is 9.82. The van der Waals surface area contributed by atoms with E-state index in [2.05, 4.69) is 65.5 Å². The Morgan fingerprint density at radius 1 is 0.870 bits per heavy atom. The van der Waals surface area contributed by atoms with Crippen LogP contribution in [0.15, 0.2) is 59.6 Å². The summed E-state index contributed by atoms with van der Waals surface area (Å²) in [4.78, 5) is 24.3. The number of thioether (sulfide) groups is 1. The molecule has 4 rings (SSSR count). The van der Waals surface area contributed by atoms with Crippen LogP contribution in [-0.4, -0.2) is 58.6 Å². The second-order valence-corrected chi connectivity index (χ2v) is 15.3. The summed E-state index contributed by atoms with van der Waals surface area (Å²) in [6.07, 6.45) is 3.85. The number of aryl methyl sites for hydroxylation is 1. The van der Waals surface area contributed by atoms with Gasteiger partial charge in [-0.1, -0.05) is 60.2 Å². The van der Waals surface area contributed by atoms with Crippen molar-refractivity contribution < 1.29 is 23.8 Å². The first kappa shape index (κ1) is 35.6. The van der Waals surface area contributed by atoms with Crippen LogP contribution in [0.2, 0.25) is 0 Å². The Balaban J connectivity index is 1.49. The average Bonchev–Trinajstić information content (AvgIpc) is 3.33. The molecule has 0 atom stereocenters. The van der Waals surface area contributed by atoms with E-state index in [9.17, 15) is 9.59 Å². The molecule has 1 aromatic heterocycles. The van der Waals surface area contributed by atoms with Crippen LogP contribution in [-0.2, 0) is 25.5 Å². The van der Waals surface area contributed by atoms with Crippen molar-refractivity contribution in [2.24, 2.45) is 11.8 Å². The van der Waals surface area contributed by atoms with E-state index in [-0.39, 0.29) is 12.6 Å². The highest BCUT2D eigenvalue weighted by Crippen LogP contribution is 2.41. The number of hydrogen-bond donors (Lipinski definition) is 1. The lowest BCUT2D eigenvalue weighted by Crippen LogP contribution is -2.33. The maximum absolute atomic E-state index is 12.3. The fourth-order valence-electron chi connectivity index (χ4n) is 5.62. The molecule has 1 heterocycles. The molecule has 1 amide bonds. The molecule has 0 spiro atoms. The van der Waals surface area contributed by atoms with Crippen LogP contribution in [0.3, 0.4) is 0 Å². The summed E-state index contributed by atoms with van der Waals surface area (Å²) < 4.78 is 18.7. The Morgan fingerprint density at radius 2 is 1.50 bits per heavy atom. The first-order valence-corrected chi connectivity index (χ1v) is 17.4. The molecule has 1 N–H and O–H groups in total. The van der Waals surface area contributed by atoms with Gasteiger partial charge in [0.2, 0.25) is 0 Å². The maximum atomic E-state index is 12.3. The number of carbonyl (C=O) groups excluding carboxylic acids is 2. The molecule has 0 unspecified atom stereocenters. The predicted molar refractivity (Wildman–Crippen MR) is 185 cm³/mol. The zero-order valence-corrected chi connectivity index (χ0v) is 29.4. The Bertz CT molecular complexity index is 1420. The number of nitrogens with zero attached hydrogens (tertiary/aromatic N) is 2. The molecule has 250 valence electrons. The molecule has 0 aliphatic heterocycles. The monoisotopic (exact) mass is 649 g/mol. The number of ether oxygens (including phenoxy) is 3. The van der Waals surface area contributed by atoms with Gasteiger partial charge in [0.1, 0.15) is 28.5 Å². The topological polar surface area (TPSA) is 91.7 Å². The van der Waals surface area contributed by atoms with Gasteiger partial charge in [-0.2, -0.15) is 5.10 Å². The molecule has 8 nitrogen and oxygen atoms in total. The van der Waals surface area contributed by atoms with Crippen molar-refractivity contribution >= 4 is 23.8 Å². The van der Waals surface area contributed by atoms with E-state index in [1.54, 1.807) is 11.8 Å². The van der Waals surface area contributed by atoms with E-state index >= 15 is 0 Å². The largest absolute Gasteiger partial charge is 0.458 e. The summed E-state index contributed by atoms with van der Waals surface area (Å²) in [5.41, 5.74) is 4.47. The molecule has 0 bridgehead atoms. The summed E-state index contributed by atoms with van der Waals surface area (Å²) in [5, 5.41) is 9.28. The summed E-state index contributed by atoms with van der Waals surface area (Å²) in [7, 11) is 0. The molecule has 3 aromatic rings. The molecule has 0 saturated heterocycles. The number of hydrogen-bond acceptors (Lipinski definition) is 7. The third kappa shape index (κ3) is 11.2. The van der Waals surface area contributed by atoms with Gasteiger partial charge < -0.3 is 19.5 Å². The first-order valence-electron chi connectivity index (χ1n) is 16.4. The number of benzene rings is 2. The number of alkyl carbamates (subject to hydrolysis) is 1. The molecule has 1 saturated carbocycles. The van der Waals surface area contributed by atoms with Gasteiger partial charge in [-0.25, -0.2) is 9.59 Å². The minimum atomic E-state index is -0.539. The fourth-order valence-corrected chi connectivity index (χ4v) is 6.64. The standard InChI is InChI=1S/C37H51N3O5S/c1-26-13-19-30(20-14-26)33-32(29-11-9-8-10-12-29)34(46-22-21-38-35(42)45-37(5,6)7)40(39-33)23-27-15-17-28(18-16-27)24-43-25-31(41)44-36(2,3)4/h8-14,19-20,27-28H,15-18,21-25H2,1-7H3,(H,38,42). The summed E-state index contributed by atoms with van der Waals surface area (Å²) in [6, 6.07) is 19.0. The van der Waals surface area contributed by atoms with Gasteiger partial charge in [-0.3, -0.25) is 4.68 Å². The van der Waals surface area contributed by atoms with E-state index in [1.807, 2.05) is 47.6 Å². The quantitative estimate of drug-likeness (QED) is 0.120. The number of rotatable bonds is 12. The van der Waals surface area contributed by atoms with Crippen LogP contribution in [0.25, 0.3) is 22.4 Å². The summed E-state index contributed by atoms with van der Waals surface area (Å²) >= 11 is 1.72. The predicted octanol–water partition coefficient (Wildman–Crippen LogP) is 8.31. The molecular formula is C37H51N3O5S. The van der Waals surface area contributed by atoms with Crippen LogP contribution in [0.5, 0.6) is 0 Å². The number of nitrogens with one attached hydrogen (secondary N) is 1. The van der Waals surface area contributed by atoms with Crippen LogP contribution < -0.4 is 5.32 Å². The highest BCUT2D eigenvalue weighted by Gasteiger charge is 2.27. The van der Waals surface area contributed by atoms with Gasteiger partial charge in [0.05, 0.1) is 6.61 Å². The van der Waals surface area contributed by atoms with Crippen molar-refractivity contribution in [1.82, 2.24) is 15.1 Å². The van der Waals surface area contributed by atoms with Crippen molar-refractivity contribution in [2.75, 3.05) is 25.5 Å². The lowest BCUT2D eigenvalue weighted by Gasteiger charge is -2.28. The van der Waals surface area contributed by atoms with Gasteiger partial charge >= 0.3 is 12.1 Å². The Hall–Kier alpha value is -3.30. The summed E-state index contributed by atoms with van der Waals surface area (Å²) in [5.74, 6) is 1.28. The van der Waals surface area contributed by atoms with E-state index < -0.39 is 17.3 Å². The van der Waals surface area contributed by atoms with Crippen molar-refractivity contribution in [1.29, 1.82) is 0 Å². The lowest BCUT2D eigenvalue weighted by molar-refractivity contribution is -0.160. The highest BCUT2D eigenvalue weighted by atomic mass is 32.2. The van der Waals surface area contributed by atoms with Gasteiger partial charge in [-0.15, -0.1) is 11.8 Å². The number of esters is 1. The second kappa shape index (κ2) is 16.0. The molecule has 1 fully saturated rings. The molecule has 2 aromatic carbocycles. The van der Waals surface area contributed by atoms with Crippen molar-refractivity contribution in [2.45, 2.75) is 96.9 Å². The van der Waals surface area contributed by atoms with Crippen molar-refractivity contribution in [3.8, 4) is 22.4 Å². The van der Waals surface area contributed by atoms with Crippen LogP contribution in [0.1, 0.15) is 72.8 Å². The summed E-state index contributed by atoms with van der Waals surface area (Å²) in [6.45, 7) is 15.2. The van der Waals surface area contributed by atoms with Gasteiger partial charge in [-0.05, 0) is 91.5 Å². The van der Waals surface area contributed by atoms with E-state index in [0.717, 1.165) is 59.6 Å². The van der Waals surface area contributed by atoms with Crippen molar-refractivity contribution in [3.63, 3.8) is 0 Å². The molecular weight excluding hydrogens is 598 g/mol. The smallest absolute Gasteiger partial charge is 0.407 e. The van der Waals surface area contributed by atoms with Crippen LogP contribution in [0, 0.1) is 18.8 Å².